The lowest BCUT2D eigenvalue weighted by molar-refractivity contribution is -0.128. The highest BCUT2D eigenvalue weighted by Crippen LogP contribution is 2.26. The summed E-state index contributed by atoms with van der Waals surface area (Å²) in [5.41, 5.74) is 8.73. The van der Waals surface area contributed by atoms with Gasteiger partial charge in [-0.15, -0.1) is 12.4 Å². The number of rotatable bonds is 6. The molecule has 0 unspecified atom stereocenters. The summed E-state index contributed by atoms with van der Waals surface area (Å²) in [6, 6.07) is 8.56. The third kappa shape index (κ3) is 6.57. The summed E-state index contributed by atoms with van der Waals surface area (Å²) in [5, 5.41) is 3.08. The number of hydrogen-bond donors (Lipinski definition) is 2. The van der Waals surface area contributed by atoms with E-state index in [4.69, 9.17) is 10.5 Å². The highest BCUT2D eigenvalue weighted by molar-refractivity contribution is 5.85. The van der Waals surface area contributed by atoms with Crippen LogP contribution in [0.2, 0.25) is 0 Å². The molecule has 4 nitrogen and oxygen atoms in total. The Morgan fingerprint density at radius 2 is 1.88 bits per heavy atom. The quantitative estimate of drug-likeness (QED) is 0.783. The second-order valence-electron chi connectivity index (χ2n) is 8.25. The SMILES string of the molecule is CCCO[C@H]1C[C@@H](C(=O)NCc2ccc(C(C)(C)C)cc2)CC[C@@H]1N.Cl. The lowest BCUT2D eigenvalue weighted by Crippen LogP contribution is -2.45. The van der Waals surface area contributed by atoms with Crippen LogP contribution in [0.4, 0.5) is 0 Å². The largest absolute Gasteiger partial charge is 0.377 e. The van der Waals surface area contributed by atoms with E-state index in [1.807, 2.05) is 0 Å². The Morgan fingerprint density at radius 3 is 2.46 bits per heavy atom. The normalized spacial score (nSPS) is 23.2. The molecule has 1 aliphatic carbocycles. The Hall–Kier alpha value is -1.10. The fourth-order valence-corrected chi connectivity index (χ4v) is 3.31. The first-order chi connectivity index (χ1) is 11.8. The lowest BCUT2D eigenvalue weighted by atomic mass is 9.83. The fraction of sp³-hybridized carbons (Fsp3) is 0.667. The van der Waals surface area contributed by atoms with E-state index in [0.29, 0.717) is 13.2 Å². The summed E-state index contributed by atoms with van der Waals surface area (Å²) in [7, 11) is 0. The Bertz CT molecular complexity index is 554. The maximum Gasteiger partial charge on any atom is 0.223 e. The van der Waals surface area contributed by atoms with Gasteiger partial charge in [0.15, 0.2) is 0 Å². The number of hydrogen-bond acceptors (Lipinski definition) is 3. The second kappa shape index (κ2) is 10.3. The maximum absolute atomic E-state index is 12.5. The molecule has 1 fully saturated rings. The maximum atomic E-state index is 12.5. The van der Waals surface area contributed by atoms with Crippen LogP contribution in [0.3, 0.4) is 0 Å². The average Bonchev–Trinajstić information content (AvgIpc) is 2.58. The predicted molar refractivity (Wildman–Crippen MR) is 110 cm³/mol. The minimum absolute atomic E-state index is 0. The fourth-order valence-electron chi connectivity index (χ4n) is 3.31. The van der Waals surface area contributed by atoms with Gasteiger partial charge in [0.05, 0.1) is 6.10 Å². The zero-order valence-electron chi connectivity index (χ0n) is 16.6. The summed E-state index contributed by atoms with van der Waals surface area (Å²) in [4.78, 5) is 12.5. The number of ether oxygens (including phenoxy) is 1. The van der Waals surface area contributed by atoms with Crippen molar-refractivity contribution in [3.8, 4) is 0 Å². The van der Waals surface area contributed by atoms with E-state index in [1.54, 1.807) is 0 Å². The van der Waals surface area contributed by atoms with Crippen molar-refractivity contribution in [1.82, 2.24) is 5.32 Å². The molecule has 1 aromatic carbocycles. The third-order valence-electron chi connectivity index (χ3n) is 5.04. The minimum atomic E-state index is 0. The average molecular weight is 383 g/mol. The molecule has 0 heterocycles. The van der Waals surface area contributed by atoms with Crippen molar-refractivity contribution in [3.63, 3.8) is 0 Å². The molecule has 148 valence electrons. The summed E-state index contributed by atoms with van der Waals surface area (Å²) in [5.74, 6) is 0.132. The first-order valence-electron chi connectivity index (χ1n) is 9.55. The minimum Gasteiger partial charge on any atom is -0.377 e. The van der Waals surface area contributed by atoms with Gasteiger partial charge >= 0.3 is 0 Å². The molecule has 3 N–H and O–H groups in total. The highest BCUT2D eigenvalue weighted by atomic mass is 35.5. The van der Waals surface area contributed by atoms with Crippen molar-refractivity contribution in [2.45, 2.75) is 77.5 Å². The van der Waals surface area contributed by atoms with E-state index in [1.165, 1.54) is 5.56 Å². The molecule has 1 aromatic rings. The van der Waals surface area contributed by atoms with Gasteiger partial charge in [-0.1, -0.05) is 52.0 Å². The van der Waals surface area contributed by atoms with Crippen LogP contribution in [-0.2, 0) is 21.5 Å². The predicted octanol–water partition coefficient (Wildman–Crippen LogP) is 3.94. The molecule has 0 aromatic heterocycles. The molecule has 1 amide bonds. The summed E-state index contributed by atoms with van der Waals surface area (Å²) >= 11 is 0. The summed E-state index contributed by atoms with van der Waals surface area (Å²) in [6.45, 7) is 9.99. The number of amides is 1. The van der Waals surface area contributed by atoms with Crippen LogP contribution in [0.1, 0.15) is 64.5 Å². The van der Waals surface area contributed by atoms with Gasteiger partial charge in [0.1, 0.15) is 0 Å². The van der Waals surface area contributed by atoms with E-state index in [-0.39, 0.29) is 41.8 Å². The Kier molecular flexibility index (Phi) is 9.08. The molecular weight excluding hydrogens is 348 g/mol. The molecule has 2 rings (SSSR count). The van der Waals surface area contributed by atoms with Gasteiger partial charge in [-0.3, -0.25) is 4.79 Å². The third-order valence-corrected chi connectivity index (χ3v) is 5.04. The zero-order chi connectivity index (χ0) is 18.4. The Morgan fingerprint density at radius 1 is 1.23 bits per heavy atom. The molecule has 1 aliphatic rings. The molecular formula is C21H35ClN2O2. The Labute approximate surface area is 164 Å². The van der Waals surface area contributed by atoms with E-state index >= 15 is 0 Å². The smallest absolute Gasteiger partial charge is 0.223 e. The van der Waals surface area contributed by atoms with Crippen molar-refractivity contribution in [2.24, 2.45) is 11.7 Å². The second-order valence-corrected chi connectivity index (χ2v) is 8.25. The van der Waals surface area contributed by atoms with Gasteiger partial charge in [-0.05, 0) is 42.2 Å². The van der Waals surface area contributed by atoms with E-state index < -0.39 is 0 Å². The van der Waals surface area contributed by atoms with Crippen LogP contribution < -0.4 is 11.1 Å². The van der Waals surface area contributed by atoms with Crippen LogP contribution in [0.5, 0.6) is 0 Å². The van der Waals surface area contributed by atoms with Gasteiger partial charge in [0, 0.05) is 25.1 Å². The standard InChI is InChI=1S/C21H34N2O2.ClH/c1-5-12-25-19-13-16(8-11-18(19)22)20(24)23-14-15-6-9-17(10-7-15)21(2,3)4;/h6-7,9-10,16,18-19H,5,8,11-14,22H2,1-4H3,(H,23,24);1H/t16-,18-,19-;/m0./s1. The van der Waals surface area contributed by atoms with Crippen LogP contribution in [0.15, 0.2) is 24.3 Å². The lowest BCUT2D eigenvalue weighted by Gasteiger charge is -2.33. The Balaban J connectivity index is 0.00000338. The van der Waals surface area contributed by atoms with Crippen molar-refractivity contribution in [1.29, 1.82) is 0 Å². The van der Waals surface area contributed by atoms with Crippen molar-refractivity contribution >= 4 is 18.3 Å². The van der Waals surface area contributed by atoms with Gasteiger partial charge < -0.3 is 15.8 Å². The van der Waals surface area contributed by atoms with Crippen LogP contribution in [-0.4, -0.2) is 24.7 Å². The van der Waals surface area contributed by atoms with E-state index in [2.05, 4.69) is 57.3 Å². The molecule has 26 heavy (non-hydrogen) atoms. The molecule has 0 bridgehead atoms. The van der Waals surface area contributed by atoms with Gasteiger partial charge in [-0.2, -0.15) is 0 Å². The number of nitrogens with two attached hydrogens (primary N) is 1. The van der Waals surface area contributed by atoms with Crippen molar-refractivity contribution in [2.75, 3.05) is 6.61 Å². The van der Waals surface area contributed by atoms with Crippen LogP contribution in [0, 0.1) is 5.92 Å². The van der Waals surface area contributed by atoms with Crippen molar-refractivity contribution < 1.29 is 9.53 Å². The highest BCUT2D eigenvalue weighted by Gasteiger charge is 2.32. The topological polar surface area (TPSA) is 64.3 Å². The van der Waals surface area contributed by atoms with Gasteiger partial charge in [-0.25, -0.2) is 0 Å². The molecule has 3 atom stereocenters. The number of carbonyl (C=O) groups excluding carboxylic acids is 1. The number of benzene rings is 1. The van der Waals surface area contributed by atoms with Crippen LogP contribution >= 0.6 is 12.4 Å². The molecule has 0 spiro atoms. The monoisotopic (exact) mass is 382 g/mol. The van der Waals surface area contributed by atoms with Crippen LogP contribution in [0.25, 0.3) is 0 Å². The molecule has 0 saturated heterocycles. The van der Waals surface area contributed by atoms with Gasteiger partial charge in [0.2, 0.25) is 5.91 Å². The zero-order valence-corrected chi connectivity index (χ0v) is 17.4. The number of halogens is 1. The first-order valence-corrected chi connectivity index (χ1v) is 9.55. The molecule has 0 aliphatic heterocycles. The molecule has 0 radical (unpaired) electrons. The summed E-state index contributed by atoms with van der Waals surface area (Å²) in [6.07, 6.45) is 3.42. The van der Waals surface area contributed by atoms with E-state index in [9.17, 15) is 4.79 Å². The number of carbonyl (C=O) groups is 1. The molecule has 5 heteroatoms. The van der Waals surface area contributed by atoms with Gasteiger partial charge in [0.25, 0.3) is 0 Å². The number of nitrogens with one attached hydrogen (secondary N) is 1. The molecule has 1 saturated carbocycles. The van der Waals surface area contributed by atoms with Crippen molar-refractivity contribution in [3.05, 3.63) is 35.4 Å². The summed E-state index contributed by atoms with van der Waals surface area (Å²) < 4.78 is 5.83. The van der Waals surface area contributed by atoms with E-state index in [0.717, 1.165) is 31.2 Å². The first kappa shape index (κ1) is 22.9.